The summed E-state index contributed by atoms with van der Waals surface area (Å²) in [4.78, 5) is 0. The van der Waals surface area contributed by atoms with E-state index in [0.29, 0.717) is 6.42 Å². The summed E-state index contributed by atoms with van der Waals surface area (Å²) in [7, 11) is 0. The predicted octanol–water partition coefficient (Wildman–Crippen LogP) is 5.64. The summed E-state index contributed by atoms with van der Waals surface area (Å²) >= 11 is 0. The molecule has 0 saturated heterocycles. The van der Waals surface area contributed by atoms with Crippen LogP contribution in [0.25, 0.3) is 0 Å². The lowest BCUT2D eigenvalue weighted by molar-refractivity contribution is -0.267. The van der Waals surface area contributed by atoms with E-state index in [-0.39, 0.29) is 12.5 Å². The van der Waals surface area contributed by atoms with Crippen molar-refractivity contribution in [2.24, 2.45) is 5.92 Å². The SMILES string of the molecule is CCCCCCCC=CC(C(F)(F)F)C(F)(F)F. The van der Waals surface area contributed by atoms with Crippen LogP contribution in [0.3, 0.4) is 0 Å². The molecule has 0 aromatic rings. The molecule has 0 bridgehead atoms. The van der Waals surface area contributed by atoms with Crippen LogP contribution < -0.4 is 0 Å². The van der Waals surface area contributed by atoms with E-state index in [9.17, 15) is 26.3 Å². The molecule has 18 heavy (non-hydrogen) atoms. The first-order valence-electron chi connectivity index (χ1n) is 5.99. The largest absolute Gasteiger partial charge is 0.403 e. The Kier molecular flexibility index (Phi) is 7.40. The zero-order valence-electron chi connectivity index (χ0n) is 10.2. The molecule has 0 radical (unpaired) electrons. The Labute approximate surface area is 103 Å². The molecule has 0 heterocycles. The van der Waals surface area contributed by atoms with Crippen LogP contribution in [-0.2, 0) is 0 Å². The molecule has 0 atom stereocenters. The predicted molar refractivity (Wildman–Crippen MR) is 58.1 cm³/mol. The highest BCUT2D eigenvalue weighted by molar-refractivity contribution is 4.95. The van der Waals surface area contributed by atoms with Crippen LogP contribution in [0.2, 0.25) is 0 Å². The molecular weight excluding hydrogens is 258 g/mol. The van der Waals surface area contributed by atoms with Crippen molar-refractivity contribution in [3.63, 3.8) is 0 Å². The number of allylic oxidation sites excluding steroid dienone is 2. The summed E-state index contributed by atoms with van der Waals surface area (Å²) in [5, 5.41) is 0. The van der Waals surface area contributed by atoms with Gasteiger partial charge in [-0.1, -0.05) is 44.8 Å². The Hall–Kier alpha value is -0.680. The van der Waals surface area contributed by atoms with E-state index >= 15 is 0 Å². The Morgan fingerprint density at radius 3 is 1.78 bits per heavy atom. The van der Waals surface area contributed by atoms with E-state index in [1.807, 2.05) is 6.92 Å². The molecule has 6 heteroatoms. The zero-order chi connectivity index (χ0) is 14.2. The second-order valence-electron chi connectivity index (χ2n) is 4.19. The van der Waals surface area contributed by atoms with E-state index in [1.54, 1.807) is 0 Å². The van der Waals surface area contributed by atoms with Gasteiger partial charge < -0.3 is 0 Å². The van der Waals surface area contributed by atoms with Gasteiger partial charge in [-0.05, 0) is 12.8 Å². The maximum Gasteiger partial charge on any atom is 0.403 e. The van der Waals surface area contributed by atoms with Crippen molar-refractivity contribution in [1.82, 2.24) is 0 Å². The van der Waals surface area contributed by atoms with Crippen molar-refractivity contribution >= 4 is 0 Å². The molecule has 108 valence electrons. The smallest absolute Gasteiger partial charge is 0.170 e. The summed E-state index contributed by atoms with van der Waals surface area (Å²) in [6.45, 7) is 2.02. The molecular formula is C12H18F6. The van der Waals surface area contributed by atoms with E-state index in [2.05, 4.69) is 0 Å². The van der Waals surface area contributed by atoms with Gasteiger partial charge in [-0.15, -0.1) is 0 Å². The van der Waals surface area contributed by atoms with Gasteiger partial charge in [0.25, 0.3) is 0 Å². The highest BCUT2D eigenvalue weighted by Gasteiger charge is 2.54. The van der Waals surface area contributed by atoms with Crippen molar-refractivity contribution < 1.29 is 26.3 Å². The quantitative estimate of drug-likeness (QED) is 0.320. The minimum atomic E-state index is -5.27. The summed E-state index contributed by atoms with van der Waals surface area (Å²) in [6, 6.07) is 0. The zero-order valence-corrected chi connectivity index (χ0v) is 10.2. The maximum atomic E-state index is 12.1. The molecule has 0 aliphatic heterocycles. The molecule has 0 aliphatic rings. The Morgan fingerprint density at radius 2 is 1.33 bits per heavy atom. The van der Waals surface area contributed by atoms with Crippen LogP contribution >= 0.6 is 0 Å². The van der Waals surface area contributed by atoms with Crippen molar-refractivity contribution in [3.05, 3.63) is 12.2 Å². The monoisotopic (exact) mass is 276 g/mol. The molecule has 0 nitrogen and oxygen atoms in total. The molecule has 0 rings (SSSR count). The van der Waals surface area contributed by atoms with E-state index in [1.165, 1.54) is 0 Å². The van der Waals surface area contributed by atoms with Gasteiger partial charge in [0.1, 0.15) is 0 Å². The molecule has 0 aliphatic carbocycles. The summed E-state index contributed by atoms with van der Waals surface area (Å²) < 4.78 is 72.7. The fraction of sp³-hybridized carbons (Fsp3) is 0.833. The van der Waals surface area contributed by atoms with Crippen LogP contribution in [0.1, 0.15) is 45.4 Å². The first-order chi connectivity index (χ1) is 8.19. The second-order valence-corrected chi connectivity index (χ2v) is 4.19. The number of rotatable bonds is 7. The van der Waals surface area contributed by atoms with E-state index < -0.39 is 18.3 Å². The summed E-state index contributed by atoms with van der Waals surface area (Å²) in [5.41, 5.74) is 0. The summed E-state index contributed by atoms with van der Waals surface area (Å²) in [5.74, 6) is -3.35. The fourth-order valence-electron chi connectivity index (χ4n) is 1.50. The van der Waals surface area contributed by atoms with Gasteiger partial charge in [0.15, 0.2) is 5.92 Å². The lowest BCUT2D eigenvalue weighted by atomic mass is 10.1. The Morgan fingerprint density at radius 1 is 0.833 bits per heavy atom. The van der Waals surface area contributed by atoms with Crippen molar-refractivity contribution in [2.75, 3.05) is 0 Å². The molecule has 0 amide bonds. The van der Waals surface area contributed by atoms with Crippen molar-refractivity contribution in [1.29, 1.82) is 0 Å². The molecule has 0 unspecified atom stereocenters. The second kappa shape index (κ2) is 7.69. The average Bonchev–Trinajstić information content (AvgIpc) is 2.18. The summed E-state index contributed by atoms with van der Waals surface area (Å²) in [6.07, 6.45) is -4.57. The minimum absolute atomic E-state index is 0.222. The molecule has 0 spiro atoms. The van der Waals surface area contributed by atoms with Gasteiger partial charge in [-0.3, -0.25) is 0 Å². The highest BCUT2D eigenvalue weighted by Crippen LogP contribution is 2.40. The number of alkyl halides is 6. The number of unbranched alkanes of at least 4 members (excludes halogenated alkanes) is 5. The lowest BCUT2D eigenvalue weighted by Gasteiger charge is -2.19. The van der Waals surface area contributed by atoms with Crippen LogP contribution in [0.4, 0.5) is 26.3 Å². The maximum absolute atomic E-state index is 12.1. The van der Waals surface area contributed by atoms with Gasteiger partial charge >= 0.3 is 12.4 Å². The topological polar surface area (TPSA) is 0 Å². The molecule has 0 saturated carbocycles. The van der Waals surface area contributed by atoms with Gasteiger partial charge in [0.05, 0.1) is 0 Å². The molecule has 0 aromatic heterocycles. The first kappa shape index (κ1) is 17.3. The van der Waals surface area contributed by atoms with Crippen molar-refractivity contribution in [3.8, 4) is 0 Å². The third-order valence-electron chi connectivity index (χ3n) is 2.51. The van der Waals surface area contributed by atoms with E-state index in [4.69, 9.17) is 0 Å². The number of hydrogen-bond acceptors (Lipinski definition) is 0. The minimum Gasteiger partial charge on any atom is -0.170 e. The first-order valence-corrected chi connectivity index (χ1v) is 5.99. The molecule has 0 N–H and O–H groups in total. The van der Waals surface area contributed by atoms with Crippen LogP contribution in [0.5, 0.6) is 0 Å². The Balaban J connectivity index is 4.11. The van der Waals surface area contributed by atoms with E-state index in [0.717, 1.165) is 31.8 Å². The third-order valence-corrected chi connectivity index (χ3v) is 2.51. The van der Waals surface area contributed by atoms with Gasteiger partial charge in [0, 0.05) is 0 Å². The highest BCUT2D eigenvalue weighted by atomic mass is 19.4. The third kappa shape index (κ3) is 7.61. The number of halogens is 6. The average molecular weight is 276 g/mol. The Bertz CT molecular complexity index is 224. The normalized spacial score (nSPS) is 13.8. The standard InChI is InChI=1S/C12H18F6/c1-2-3-4-5-6-7-8-9-10(11(13,14)15)12(16,17)18/h8-10H,2-7H2,1H3. The lowest BCUT2D eigenvalue weighted by Crippen LogP contribution is -2.34. The van der Waals surface area contributed by atoms with Gasteiger partial charge in [-0.25, -0.2) is 0 Å². The van der Waals surface area contributed by atoms with Crippen LogP contribution in [0.15, 0.2) is 12.2 Å². The fourth-order valence-corrected chi connectivity index (χ4v) is 1.50. The van der Waals surface area contributed by atoms with Crippen molar-refractivity contribution in [2.45, 2.75) is 57.8 Å². The molecule has 0 aromatic carbocycles. The van der Waals surface area contributed by atoms with Crippen LogP contribution in [0, 0.1) is 5.92 Å². The molecule has 0 fully saturated rings. The van der Waals surface area contributed by atoms with Gasteiger partial charge in [-0.2, -0.15) is 26.3 Å². The van der Waals surface area contributed by atoms with Gasteiger partial charge in [0.2, 0.25) is 0 Å². The number of hydrogen-bond donors (Lipinski definition) is 0. The van der Waals surface area contributed by atoms with Crippen LogP contribution in [-0.4, -0.2) is 12.4 Å².